The number of halogens is 1. The van der Waals surface area contributed by atoms with Crippen molar-refractivity contribution in [2.24, 2.45) is 0 Å². The van der Waals surface area contributed by atoms with Crippen LogP contribution in [0.2, 0.25) is 0 Å². The first-order valence-electron chi connectivity index (χ1n) is 2.52. The van der Waals surface area contributed by atoms with Crippen molar-refractivity contribution in [1.82, 2.24) is 0 Å². The van der Waals surface area contributed by atoms with Crippen LogP contribution in [0.15, 0.2) is 0 Å². The van der Waals surface area contributed by atoms with E-state index in [9.17, 15) is 4.79 Å². The van der Waals surface area contributed by atoms with Crippen LogP contribution >= 0.6 is 9.69 Å². The van der Waals surface area contributed by atoms with Crippen molar-refractivity contribution >= 4 is 15.7 Å². The van der Waals surface area contributed by atoms with Gasteiger partial charge in [0.15, 0.2) is 0 Å². The third-order valence-corrected chi connectivity index (χ3v) is 0.509. The molecule has 0 aromatic rings. The minimum atomic E-state index is -0.234. The molecule has 0 radical (unpaired) electrons. The van der Waals surface area contributed by atoms with Gasteiger partial charge in [0.05, 0.1) is 6.61 Å². The number of rotatable bonds is 2. The molecule has 0 bridgehead atoms. The van der Waals surface area contributed by atoms with Gasteiger partial charge in [-0.1, -0.05) is 6.42 Å². The molecule has 0 N–H and O–H groups in total. The van der Waals surface area contributed by atoms with Gasteiger partial charge in [0.2, 0.25) is 0 Å². The second kappa shape index (κ2) is 11.2. The van der Waals surface area contributed by atoms with Crippen LogP contribution in [0.25, 0.3) is 0 Å². The summed E-state index contributed by atoms with van der Waals surface area (Å²) in [6.07, 6.45) is 0.230. The molecular weight excluding hydrogens is 193 g/mol. The molecule has 0 aliphatic rings. The van der Waals surface area contributed by atoms with Crippen molar-refractivity contribution in [3.8, 4) is 0 Å². The normalized spacial score (nSPS) is 7.22. The van der Waals surface area contributed by atoms with E-state index in [1.165, 1.54) is 0 Å². The molecule has 0 spiro atoms. The zero-order chi connectivity index (χ0) is 7.70. The topological polar surface area (TPSA) is 26.3 Å². The summed E-state index contributed by atoms with van der Waals surface area (Å²) in [6.45, 7) is 5.55. The average molecular weight is 202 g/mol. The van der Waals surface area contributed by atoms with E-state index in [0.29, 0.717) is 6.61 Å². The Morgan fingerprint density at radius 1 is 1.78 bits per heavy atom. The van der Waals surface area contributed by atoms with E-state index in [1.807, 2.05) is 0 Å². The van der Waals surface area contributed by atoms with Crippen molar-refractivity contribution in [3.63, 3.8) is 0 Å². The van der Waals surface area contributed by atoms with Crippen LogP contribution in [-0.2, 0) is 26.8 Å². The van der Waals surface area contributed by atoms with Crippen molar-refractivity contribution in [3.05, 3.63) is 6.92 Å². The summed E-state index contributed by atoms with van der Waals surface area (Å²) >= 11 is 0.847. The van der Waals surface area contributed by atoms with Gasteiger partial charge in [-0.2, -0.15) is 0 Å². The average Bonchev–Trinajstić information content (AvgIpc) is 1.93. The molecule has 0 saturated heterocycles. The van der Waals surface area contributed by atoms with Crippen molar-refractivity contribution in [2.45, 2.75) is 13.3 Å². The number of esters is 1. The molecule has 9 heavy (non-hydrogen) atoms. The molecule has 0 fully saturated rings. The molecule has 4 heteroatoms. The number of hydrogen-bond donors (Lipinski definition) is 0. The number of carbonyl (C=O) groups excluding carboxylic acids is 1. The molecule has 0 aliphatic heterocycles. The zero-order valence-corrected chi connectivity index (χ0v) is 9.25. The second-order valence-electron chi connectivity index (χ2n) is 1.06. The first-order valence-corrected chi connectivity index (χ1v) is 6.42. The molecule has 50 valence electrons. The fraction of sp³-hybridized carbons (Fsp3) is 0.600. The summed E-state index contributed by atoms with van der Waals surface area (Å²) in [5.41, 5.74) is 0. The summed E-state index contributed by atoms with van der Waals surface area (Å²) in [6, 6.07) is 0. The van der Waals surface area contributed by atoms with E-state index in [2.05, 4.69) is 11.7 Å². The van der Waals surface area contributed by atoms with Crippen molar-refractivity contribution in [1.29, 1.82) is 0 Å². The fourth-order valence-electron chi connectivity index (χ4n) is 0.233. The first-order chi connectivity index (χ1) is 4.31. The molecule has 0 atom stereocenters. The molecule has 0 rings (SSSR count). The van der Waals surface area contributed by atoms with Crippen LogP contribution in [-0.4, -0.2) is 12.6 Å². The molecule has 0 aromatic carbocycles. The van der Waals surface area contributed by atoms with Crippen LogP contribution in [0.5, 0.6) is 0 Å². The van der Waals surface area contributed by atoms with Crippen LogP contribution in [0.3, 0.4) is 0 Å². The summed E-state index contributed by atoms with van der Waals surface area (Å²) in [4.78, 5) is 10.1. The predicted molar refractivity (Wildman–Crippen MR) is 32.5 cm³/mol. The van der Waals surface area contributed by atoms with Crippen molar-refractivity contribution < 1.29 is 26.8 Å². The molecule has 0 aromatic heterocycles. The van der Waals surface area contributed by atoms with E-state index >= 15 is 0 Å². The van der Waals surface area contributed by atoms with Gasteiger partial charge < -0.3 is 11.7 Å². The molecular formula is C5H9ClO2Zn. The number of carbonyl (C=O) groups is 1. The van der Waals surface area contributed by atoms with E-state index in [0.717, 1.165) is 17.3 Å². The third kappa shape index (κ3) is 11.8. The molecule has 0 amide bonds. The Balaban J connectivity index is 0. The molecule has 0 unspecified atom stereocenters. The zero-order valence-electron chi connectivity index (χ0n) is 5.52. The van der Waals surface area contributed by atoms with Gasteiger partial charge in [0, 0.05) is 0 Å². The maximum atomic E-state index is 10.1. The Morgan fingerprint density at radius 2 is 2.22 bits per heavy atom. The Bertz CT molecular complexity index is 68.0. The Hall–Kier alpha value is 0.383. The van der Waals surface area contributed by atoms with Gasteiger partial charge in [0.1, 0.15) is 0 Å². The Kier molecular flexibility index (Phi) is 15.1. The van der Waals surface area contributed by atoms with E-state index in [1.54, 1.807) is 6.92 Å². The summed E-state index contributed by atoms with van der Waals surface area (Å²) < 4.78 is 4.49. The first kappa shape index (κ1) is 12.1. The van der Waals surface area contributed by atoms with E-state index in [4.69, 9.17) is 9.69 Å². The minimum absolute atomic E-state index is 0.230. The van der Waals surface area contributed by atoms with Gasteiger partial charge in [-0.25, -0.2) is 0 Å². The molecule has 0 saturated carbocycles. The monoisotopic (exact) mass is 200 g/mol. The molecule has 0 heterocycles. The summed E-state index contributed by atoms with van der Waals surface area (Å²) in [7, 11) is 4.76. The SMILES string of the molecule is [CH2-]CC(=O)OCC.[Cl][Zn+]. The molecule has 0 aliphatic carbocycles. The number of ether oxygens (including phenoxy) is 1. The van der Waals surface area contributed by atoms with Crippen LogP contribution < -0.4 is 0 Å². The third-order valence-electron chi connectivity index (χ3n) is 0.509. The maximum absolute atomic E-state index is 10.1. The van der Waals surface area contributed by atoms with Crippen LogP contribution in [0.4, 0.5) is 0 Å². The van der Waals surface area contributed by atoms with Crippen molar-refractivity contribution in [2.75, 3.05) is 6.61 Å². The quantitative estimate of drug-likeness (QED) is 0.385. The van der Waals surface area contributed by atoms with Crippen LogP contribution in [0, 0.1) is 6.92 Å². The van der Waals surface area contributed by atoms with Gasteiger partial charge in [-0.15, -0.1) is 0 Å². The summed E-state index contributed by atoms with van der Waals surface area (Å²) in [5, 5.41) is 0. The molecule has 2 nitrogen and oxygen atoms in total. The number of hydrogen-bond acceptors (Lipinski definition) is 2. The Labute approximate surface area is 69.6 Å². The van der Waals surface area contributed by atoms with Gasteiger partial charge >= 0.3 is 27.0 Å². The van der Waals surface area contributed by atoms with Gasteiger partial charge in [0.25, 0.3) is 5.97 Å². The summed E-state index contributed by atoms with van der Waals surface area (Å²) in [5.74, 6) is -0.234. The van der Waals surface area contributed by atoms with Gasteiger partial charge in [-0.05, 0) is 6.92 Å². The Morgan fingerprint density at radius 3 is 2.33 bits per heavy atom. The van der Waals surface area contributed by atoms with Gasteiger partial charge in [-0.3, -0.25) is 4.79 Å². The standard InChI is InChI=1S/C5H9O2.ClH.Zn/c1-3-5(6)7-4-2;;/h1,3-4H2,2H3;1H;/q-1;;+2/p-1. The fourth-order valence-corrected chi connectivity index (χ4v) is 0.233. The predicted octanol–water partition coefficient (Wildman–Crippen LogP) is 1.46. The van der Waals surface area contributed by atoms with E-state index in [-0.39, 0.29) is 12.4 Å². The second-order valence-corrected chi connectivity index (χ2v) is 1.06. The van der Waals surface area contributed by atoms with Crippen LogP contribution in [0.1, 0.15) is 13.3 Å². The van der Waals surface area contributed by atoms with E-state index < -0.39 is 0 Å².